The number of carbonyl (C=O) groups excluding carboxylic acids is 1. The Balaban J connectivity index is 2.15. The molecule has 0 aliphatic heterocycles. The minimum absolute atomic E-state index is 0.000457. The normalized spacial score (nSPS) is 10.7. The smallest absolute Gasteiger partial charge is 0.224 e. The molecule has 0 aliphatic carbocycles. The zero-order valence-corrected chi connectivity index (χ0v) is 14.3. The van der Waals surface area contributed by atoms with Crippen molar-refractivity contribution in [1.82, 2.24) is 19.7 Å². The Labute approximate surface area is 140 Å². The molecule has 1 heterocycles. The number of nitrogens with zero attached hydrogens (tertiary/aromatic N) is 3. The fourth-order valence-electron chi connectivity index (χ4n) is 2.39. The number of amides is 1. The molecule has 0 spiro atoms. The summed E-state index contributed by atoms with van der Waals surface area (Å²) in [6.45, 7) is 5.30. The Morgan fingerprint density at radius 1 is 1.39 bits per heavy atom. The molecule has 1 amide bonds. The van der Waals surface area contributed by atoms with E-state index in [0.717, 1.165) is 11.4 Å². The van der Waals surface area contributed by atoms with Gasteiger partial charge in [0.2, 0.25) is 5.91 Å². The summed E-state index contributed by atoms with van der Waals surface area (Å²) in [5.74, 6) is 0.729. The van der Waals surface area contributed by atoms with Crippen LogP contribution in [0.1, 0.15) is 18.9 Å². The van der Waals surface area contributed by atoms with Gasteiger partial charge in [-0.3, -0.25) is 14.5 Å². The van der Waals surface area contributed by atoms with Crippen LogP contribution in [0.2, 0.25) is 0 Å². The third kappa shape index (κ3) is 4.27. The number of likely N-dealkylation sites (N-methyl/N-ethyl adjacent to an activating group) is 1. The average molecular weight is 334 g/mol. The fraction of sp³-hybridized carbons (Fsp3) is 0.438. The van der Waals surface area contributed by atoms with Crippen LogP contribution in [-0.2, 0) is 11.3 Å². The molecule has 0 atom stereocenters. The second-order valence-corrected chi connectivity index (χ2v) is 5.70. The summed E-state index contributed by atoms with van der Waals surface area (Å²) >= 11 is 5.28. The van der Waals surface area contributed by atoms with Gasteiger partial charge in [0.1, 0.15) is 0 Å². The zero-order chi connectivity index (χ0) is 16.8. The second kappa shape index (κ2) is 8.03. The molecule has 1 aromatic heterocycles. The van der Waals surface area contributed by atoms with Crippen LogP contribution in [0.15, 0.2) is 24.3 Å². The van der Waals surface area contributed by atoms with Crippen LogP contribution in [0, 0.1) is 11.7 Å². The lowest BCUT2D eigenvalue weighted by Crippen LogP contribution is -2.33. The van der Waals surface area contributed by atoms with Gasteiger partial charge >= 0.3 is 0 Å². The second-order valence-electron chi connectivity index (χ2n) is 5.32. The number of aromatic nitrogens is 3. The van der Waals surface area contributed by atoms with E-state index in [1.165, 1.54) is 5.56 Å². The molecule has 7 heteroatoms. The summed E-state index contributed by atoms with van der Waals surface area (Å²) < 4.78 is 2.34. The van der Waals surface area contributed by atoms with Gasteiger partial charge in [-0.2, -0.15) is 5.10 Å². The monoisotopic (exact) mass is 334 g/mol. The first kappa shape index (κ1) is 17.4. The van der Waals surface area contributed by atoms with Crippen molar-refractivity contribution in [3.8, 4) is 11.4 Å². The number of rotatable bonds is 7. The van der Waals surface area contributed by atoms with Gasteiger partial charge in [0.25, 0.3) is 0 Å². The SMILES string of the molecule is CCN(CCO)C(=O)CCn1c(-c2ccc(C)cc2)n[nH]c1=S. The number of aromatic amines is 1. The van der Waals surface area contributed by atoms with Gasteiger partial charge in [-0.1, -0.05) is 29.8 Å². The van der Waals surface area contributed by atoms with Crippen LogP contribution in [0.3, 0.4) is 0 Å². The number of benzene rings is 1. The van der Waals surface area contributed by atoms with Crippen LogP contribution >= 0.6 is 12.2 Å². The highest BCUT2D eigenvalue weighted by molar-refractivity contribution is 7.71. The largest absolute Gasteiger partial charge is 0.395 e. The minimum Gasteiger partial charge on any atom is -0.395 e. The van der Waals surface area contributed by atoms with Crippen LogP contribution in [0.25, 0.3) is 11.4 Å². The molecule has 6 nitrogen and oxygen atoms in total. The number of hydrogen-bond donors (Lipinski definition) is 2. The maximum absolute atomic E-state index is 12.2. The van der Waals surface area contributed by atoms with E-state index in [4.69, 9.17) is 17.3 Å². The van der Waals surface area contributed by atoms with E-state index in [1.807, 2.05) is 42.7 Å². The van der Waals surface area contributed by atoms with Gasteiger partial charge < -0.3 is 10.0 Å². The fourth-order valence-corrected chi connectivity index (χ4v) is 2.62. The van der Waals surface area contributed by atoms with E-state index in [2.05, 4.69) is 10.2 Å². The Bertz CT molecular complexity index is 706. The maximum Gasteiger partial charge on any atom is 0.224 e. The van der Waals surface area contributed by atoms with E-state index in [-0.39, 0.29) is 12.5 Å². The molecule has 0 unspecified atom stereocenters. The van der Waals surface area contributed by atoms with Crippen molar-refractivity contribution < 1.29 is 9.90 Å². The lowest BCUT2D eigenvalue weighted by molar-refractivity contribution is -0.131. The zero-order valence-electron chi connectivity index (χ0n) is 13.5. The maximum atomic E-state index is 12.2. The van der Waals surface area contributed by atoms with Crippen molar-refractivity contribution in [2.75, 3.05) is 19.7 Å². The molecule has 2 N–H and O–H groups in total. The van der Waals surface area contributed by atoms with Crippen molar-refractivity contribution >= 4 is 18.1 Å². The van der Waals surface area contributed by atoms with Crippen LogP contribution in [0.5, 0.6) is 0 Å². The standard InChI is InChI=1S/C16H22N4O2S/c1-3-19(10-11-21)14(22)8-9-20-15(17-18-16(20)23)13-6-4-12(2)5-7-13/h4-7,21H,3,8-11H2,1-2H3,(H,18,23). The van der Waals surface area contributed by atoms with E-state index in [9.17, 15) is 4.79 Å². The summed E-state index contributed by atoms with van der Waals surface area (Å²) in [6, 6.07) is 8.01. The van der Waals surface area contributed by atoms with E-state index < -0.39 is 0 Å². The average Bonchev–Trinajstić information content (AvgIpc) is 2.92. The van der Waals surface area contributed by atoms with Crippen LogP contribution in [-0.4, -0.2) is 50.4 Å². The van der Waals surface area contributed by atoms with Crippen LogP contribution < -0.4 is 0 Å². The number of aliphatic hydroxyl groups is 1. The highest BCUT2D eigenvalue weighted by atomic mass is 32.1. The van der Waals surface area contributed by atoms with Gasteiger partial charge in [0.15, 0.2) is 10.6 Å². The number of aryl methyl sites for hydroxylation is 1. The summed E-state index contributed by atoms with van der Waals surface area (Å²) in [5, 5.41) is 16.1. The number of aliphatic hydroxyl groups excluding tert-OH is 1. The molecule has 0 bridgehead atoms. The van der Waals surface area contributed by atoms with Crippen LogP contribution in [0.4, 0.5) is 0 Å². The topological polar surface area (TPSA) is 74.2 Å². The first-order valence-electron chi connectivity index (χ1n) is 7.67. The molecule has 2 aromatic rings. The van der Waals surface area contributed by atoms with Gasteiger partial charge in [-0.05, 0) is 26.1 Å². The van der Waals surface area contributed by atoms with Gasteiger partial charge in [-0.25, -0.2) is 0 Å². The molecule has 0 saturated carbocycles. The lowest BCUT2D eigenvalue weighted by atomic mass is 10.1. The molecule has 2 rings (SSSR count). The number of carbonyl (C=O) groups is 1. The Hall–Kier alpha value is -1.99. The Morgan fingerprint density at radius 2 is 2.09 bits per heavy atom. The van der Waals surface area contributed by atoms with Crippen molar-refractivity contribution in [3.63, 3.8) is 0 Å². The summed E-state index contributed by atoms with van der Waals surface area (Å²) in [6.07, 6.45) is 0.320. The first-order chi connectivity index (χ1) is 11.1. The Morgan fingerprint density at radius 3 is 2.70 bits per heavy atom. The molecule has 0 radical (unpaired) electrons. The third-order valence-corrected chi connectivity index (χ3v) is 4.03. The van der Waals surface area contributed by atoms with Gasteiger partial charge in [0, 0.05) is 31.6 Å². The molecule has 0 saturated heterocycles. The molecule has 0 aliphatic rings. The molecule has 124 valence electrons. The highest BCUT2D eigenvalue weighted by Crippen LogP contribution is 2.18. The van der Waals surface area contributed by atoms with Crippen molar-refractivity contribution in [3.05, 3.63) is 34.6 Å². The summed E-state index contributed by atoms with van der Waals surface area (Å²) in [5.41, 5.74) is 2.13. The third-order valence-electron chi connectivity index (χ3n) is 3.72. The lowest BCUT2D eigenvalue weighted by Gasteiger charge is -2.19. The predicted molar refractivity (Wildman–Crippen MR) is 91.5 cm³/mol. The molecular formula is C16H22N4O2S. The van der Waals surface area contributed by atoms with E-state index in [1.54, 1.807) is 4.90 Å². The van der Waals surface area contributed by atoms with E-state index in [0.29, 0.717) is 30.8 Å². The highest BCUT2D eigenvalue weighted by Gasteiger charge is 2.14. The van der Waals surface area contributed by atoms with E-state index >= 15 is 0 Å². The number of hydrogen-bond acceptors (Lipinski definition) is 4. The van der Waals surface area contributed by atoms with Crippen molar-refractivity contribution in [1.29, 1.82) is 0 Å². The quantitative estimate of drug-likeness (QED) is 0.761. The minimum atomic E-state index is -0.0284. The molecular weight excluding hydrogens is 312 g/mol. The van der Waals surface area contributed by atoms with Crippen molar-refractivity contribution in [2.24, 2.45) is 0 Å². The molecule has 0 fully saturated rings. The van der Waals surface area contributed by atoms with Crippen molar-refractivity contribution in [2.45, 2.75) is 26.8 Å². The van der Waals surface area contributed by atoms with Gasteiger partial charge in [-0.15, -0.1) is 0 Å². The molecule has 1 aromatic carbocycles. The Kier molecular flexibility index (Phi) is 6.06. The summed E-state index contributed by atoms with van der Waals surface area (Å²) in [4.78, 5) is 13.8. The molecule has 23 heavy (non-hydrogen) atoms. The number of nitrogens with one attached hydrogen (secondary N) is 1. The number of H-pyrrole nitrogens is 1. The predicted octanol–water partition coefficient (Wildman–Crippen LogP) is 2.15. The summed E-state index contributed by atoms with van der Waals surface area (Å²) in [7, 11) is 0. The van der Waals surface area contributed by atoms with Gasteiger partial charge in [0.05, 0.1) is 6.61 Å². The first-order valence-corrected chi connectivity index (χ1v) is 8.08.